The Hall–Kier alpha value is -2.97. The van der Waals surface area contributed by atoms with Crippen molar-refractivity contribution in [3.8, 4) is 5.75 Å². The predicted octanol–water partition coefficient (Wildman–Crippen LogP) is 2.18. The molecule has 1 aliphatic rings. The number of imide groups is 1. The Morgan fingerprint density at radius 3 is 2.52 bits per heavy atom. The van der Waals surface area contributed by atoms with Crippen LogP contribution in [0.15, 0.2) is 48.5 Å². The van der Waals surface area contributed by atoms with Crippen molar-refractivity contribution in [2.45, 2.75) is 25.2 Å². The highest BCUT2D eigenvalue weighted by Crippen LogP contribution is 2.30. The molecule has 29 heavy (non-hydrogen) atoms. The molecule has 0 aliphatic carbocycles. The quantitative estimate of drug-likeness (QED) is 0.661. The molecule has 0 unspecified atom stereocenters. The Labute approximate surface area is 168 Å². The Balaban J connectivity index is 1.59. The smallest absolute Gasteiger partial charge is 0.325 e. The van der Waals surface area contributed by atoms with Gasteiger partial charge in [-0.1, -0.05) is 30.3 Å². The lowest BCUT2D eigenvalue weighted by Crippen LogP contribution is -2.42. The molecule has 2 aromatic carbocycles. The summed E-state index contributed by atoms with van der Waals surface area (Å²) >= 11 is 0. The second-order valence-corrected chi connectivity index (χ2v) is 6.96. The van der Waals surface area contributed by atoms with Crippen LogP contribution in [0.1, 0.15) is 18.1 Å². The molecule has 7 nitrogen and oxygen atoms in total. The van der Waals surface area contributed by atoms with E-state index in [4.69, 9.17) is 9.47 Å². The first-order chi connectivity index (χ1) is 13.8. The monoisotopic (exact) mass is 402 g/mol. The zero-order valence-electron chi connectivity index (χ0n) is 16.2. The molecule has 1 heterocycles. The molecular weight excluding hydrogens is 379 g/mol. The molecule has 0 bridgehead atoms. The van der Waals surface area contributed by atoms with Gasteiger partial charge in [0.15, 0.2) is 0 Å². The average Bonchev–Trinajstić information content (AvgIpc) is 2.93. The van der Waals surface area contributed by atoms with Crippen molar-refractivity contribution >= 4 is 11.9 Å². The Bertz CT molecular complexity index is 889. The number of methoxy groups -OCH3 is 1. The minimum Gasteiger partial charge on any atom is -0.497 e. The van der Waals surface area contributed by atoms with E-state index in [1.54, 1.807) is 49.4 Å². The normalized spacial score (nSPS) is 19.9. The maximum atomic E-state index is 13.6. The SMILES string of the molecule is COc1ccc([C@]2(C)NC(=O)N(C[C@H](O)COCc3ccccc3F)C2=O)cc1. The van der Waals surface area contributed by atoms with Gasteiger partial charge in [0.2, 0.25) is 0 Å². The number of amides is 3. The highest BCUT2D eigenvalue weighted by atomic mass is 19.1. The molecule has 0 saturated carbocycles. The molecule has 0 radical (unpaired) electrons. The summed E-state index contributed by atoms with van der Waals surface area (Å²) in [5.74, 6) is -0.236. The van der Waals surface area contributed by atoms with E-state index in [1.165, 1.54) is 13.2 Å². The first kappa shape index (κ1) is 20.8. The van der Waals surface area contributed by atoms with E-state index in [0.29, 0.717) is 16.9 Å². The zero-order chi connectivity index (χ0) is 21.0. The van der Waals surface area contributed by atoms with E-state index in [0.717, 1.165) is 4.90 Å². The minimum atomic E-state index is -1.24. The number of hydrogen-bond donors (Lipinski definition) is 2. The molecule has 8 heteroatoms. The van der Waals surface area contributed by atoms with Gasteiger partial charge < -0.3 is 19.9 Å². The summed E-state index contributed by atoms with van der Waals surface area (Å²) in [6, 6.07) is 12.4. The van der Waals surface area contributed by atoms with Crippen molar-refractivity contribution in [3.05, 3.63) is 65.5 Å². The number of aliphatic hydroxyl groups excluding tert-OH is 1. The lowest BCUT2D eigenvalue weighted by molar-refractivity contribution is -0.132. The van der Waals surface area contributed by atoms with Crippen molar-refractivity contribution in [3.63, 3.8) is 0 Å². The van der Waals surface area contributed by atoms with Crippen LogP contribution in [0.5, 0.6) is 5.75 Å². The number of carbonyl (C=O) groups is 2. The first-order valence-corrected chi connectivity index (χ1v) is 9.13. The highest BCUT2D eigenvalue weighted by molar-refractivity contribution is 6.07. The number of halogens is 1. The van der Waals surface area contributed by atoms with Crippen molar-refractivity contribution in [1.82, 2.24) is 10.2 Å². The van der Waals surface area contributed by atoms with Crippen LogP contribution in [0.3, 0.4) is 0 Å². The number of β-amino-alcohol motifs (C(OH)–C–C–N with tert-alkyl or cyclic N) is 1. The highest BCUT2D eigenvalue weighted by Gasteiger charge is 2.49. The van der Waals surface area contributed by atoms with Crippen LogP contribution < -0.4 is 10.1 Å². The van der Waals surface area contributed by atoms with E-state index >= 15 is 0 Å². The predicted molar refractivity (Wildman–Crippen MR) is 103 cm³/mol. The van der Waals surface area contributed by atoms with Gasteiger partial charge in [0.25, 0.3) is 5.91 Å². The number of benzene rings is 2. The number of nitrogens with zero attached hydrogens (tertiary/aromatic N) is 1. The van der Waals surface area contributed by atoms with Crippen molar-refractivity contribution in [1.29, 1.82) is 0 Å². The fourth-order valence-corrected chi connectivity index (χ4v) is 3.17. The van der Waals surface area contributed by atoms with Gasteiger partial charge in [-0.05, 0) is 30.7 Å². The van der Waals surface area contributed by atoms with Gasteiger partial charge in [-0.3, -0.25) is 9.69 Å². The number of nitrogens with one attached hydrogen (secondary N) is 1. The number of urea groups is 1. The van der Waals surface area contributed by atoms with Crippen molar-refractivity contribution in [2.24, 2.45) is 0 Å². The van der Waals surface area contributed by atoms with Crippen LogP contribution in [0.25, 0.3) is 0 Å². The average molecular weight is 402 g/mol. The third kappa shape index (κ3) is 4.38. The largest absolute Gasteiger partial charge is 0.497 e. The van der Waals surface area contributed by atoms with Gasteiger partial charge in [-0.25, -0.2) is 9.18 Å². The van der Waals surface area contributed by atoms with Crippen molar-refractivity contribution < 1.29 is 28.6 Å². The Morgan fingerprint density at radius 2 is 1.86 bits per heavy atom. The van der Waals surface area contributed by atoms with E-state index in [1.807, 2.05) is 0 Å². The van der Waals surface area contributed by atoms with Crippen LogP contribution >= 0.6 is 0 Å². The van der Waals surface area contributed by atoms with E-state index < -0.39 is 29.4 Å². The summed E-state index contributed by atoms with van der Waals surface area (Å²) < 4.78 is 24.0. The Kier molecular flexibility index (Phi) is 6.14. The third-order valence-corrected chi connectivity index (χ3v) is 4.86. The fraction of sp³-hybridized carbons (Fsp3) is 0.333. The molecule has 3 amide bonds. The first-order valence-electron chi connectivity index (χ1n) is 9.13. The van der Waals surface area contributed by atoms with Gasteiger partial charge in [0, 0.05) is 5.56 Å². The number of ether oxygens (including phenoxy) is 2. The standard InChI is InChI=1S/C21H23FN2O5/c1-21(15-7-9-17(28-2)10-8-15)19(26)24(20(27)23-21)11-16(25)13-29-12-14-5-3-4-6-18(14)22/h3-10,16,25H,11-13H2,1-2H3,(H,23,27)/t16-,21-/m0/s1. The second kappa shape index (κ2) is 8.59. The van der Waals surface area contributed by atoms with Crippen LogP contribution in [0, 0.1) is 5.82 Å². The van der Waals surface area contributed by atoms with Crippen molar-refractivity contribution in [2.75, 3.05) is 20.3 Å². The number of carbonyl (C=O) groups excluding carboxylic acids is 2. The van der Waals surface area contributed by atoms with Crippen LogP contribution in [-0.2, 0) is 21.7 Å². The summed E-state index contributed by atoms with van der Waals surface area (Å²) in [5.41, 5.74) is -0.275. The summed E-state index contributed by atoms with van der Waals surface area (Å²) in [6.45, 7) is 1.21. The topological polar surface area (TPSA) is 88.1 Å². The van der Waals surface area contributed by atoms with Crippen LogP contribution in [-0.4, -0.2) is 48.3 Å². The molecule has 2 atom stereocenters. The number of hydrogen-bond acceptors (Lipinski definition) is 5. The molecule has 3 rings (SSSR count). The maximum Gasteiger partial charge on any atom is 0.325 e. The van der Waals surface area contributed by atoms with E-state index in [2.05, 4.69) is 5.32 Å². The van der Waals surface area contributed by atoms with Gasteiger partial charge >= 0.3 is 6.03 Å². The van der Waals surface area contributed by atoms with E-state index in [-0.39, 0.29) is 19.8 Å². The molecule has 0 spiro atoms. The summed E-state index contributed by atoms with van der Waals surface area (Å²) in [5, 5.41) is 12.9. The molecule has 2 aromatic rings. The summed E-state index contributed by atoms with van der Waals surface area (Å²) in [6.07, 6.45) is -1.10. The molecule has 0 aromatic heterocycles. The maximum absolute atomic E-state index is 13.6. The van der Waals surface area contributed by atoms with Gasteiger partial charge in [0.1, 0.15) is 17.1 Å². The Morgan fingerprint density at radius 1 is 1.17 bits per heavy atom. The summed E-state index contributed by atoms with van der Waals surface area (Å²) in [7, 11) is 1.54. The molecular formula is C21H23FN2O5. The fourth-order valence-electron chi connectivity index (χ4n) is 3.17. The van der Waals surface area contributed by atoms with Gasteiger partial charge in [-0.2, -0.15) is 0 Å². The van der Waals surface area contributed by atoms with Gasteiger partial charge in [-0.15, -0.1) is 0 Å². The lowest BCUT2D eigenvalue weighted by atomic mass is 9.92. The molecule has 1 fully saturated rings. The van der Waals surface area contributed by atoms with Crippen LogP contribution in [0.2, 0.25) is 0 Å². The molecule has 2 N–H and O–H groups in total. The van der Waals surface area contributed by atoms with E-state index in [9.17, 15) is 19.1 Å². The molecule has 154 valence electrons. The molecule has 1 saturated heterocycles. The third-order valence-electron chi connectivity index (χ3n) is 4.86. The van der Waals surface area contributed by atoms with Crippen LogP contribution in [0.4, 0.5) is 9.18 Å². The molecule has 1 aliphatic heterocycles. The number of rotatable bonds is 8. The lowest BCUT2D eigenvalue weighted by Gasteiger charge is -2.23. The minimum absolute atomic E-state index is 0.0204. The van der Waals surface area contributed by atoms with Gasteiger partial charge in [0.05, 0.1) is 33.0 Å². The number of aliphatic hydroxyl groups is 1. The summed E-state index contributed by atoms with van der Waals surface area (Å²) in [4.78, 5) is 26.2. The zero-order valence-corrected chi connectivity index (χ0v) is 16.2. The second-order valence-electron chi connectivity index (χ2n) is 6.96.